The van der Waals surface area contributed by atoms with Crippen LogP contribution in [-0.4, -0.2) is 26.6 Å². The number of halogens is 1. The Morgan fingerprint density at radius 2 is 1.81 bits per heavy atom. The van der Waals surface area contributed by atoms with Crippen LogP contribution >= 0.6 is 11.6 Å². The highest BCUT2D eigenvalue weighted by Gasteiger charge is 2.29. The number of rotatable bonds is 6. The summed E-state index contributed by atoms with van der Waals surface area (Å²) >= 11 is 6.13. The number of hydrogen-bond acceptors (Lipinski definition) is 3. The lowest BCUT2D eigenvalue weighted by Crippen LogP contribution is -2.45. The highest BCUT2D eigenvalue weighted by molar-refractivity contribution is 7.92. The lowest BCUT2D eigenvalue weighted by atomic mass is 10.1. The maximum atomic E-state index is 12.6. The normalized spacial score (nSPS) is 12.5. The minimum absolute atomic E-state index is 0.354. The third kappa shape index (κ3) is 4.77. The third-order valence-corrected chi connectivity index (χ3v) is 5.78. The number of anilines is 2. The summed E-state index contributed by atoms with van der Waals surface area (Å²) in [6.45, 7) is 5.42. The SMILES string of the molecule is CCc1ccc(NC(=O)C(C)N(c2ccc(C)c(Cl)c2)S(C)(=O)=O)cc1. The average molecular weight is 395 g/mol. The minimum atomic E-state index is -3.68. The Morgan fingerprint density at radius 3 is 2.31 bits per heavy atom. The van der Waals surface area contributed by atoms with Gasteiger partial charge in [-0.05, 0) is 55.7 Å². The Bertz CT molecular complexity index is 896. The van der Waals surface area contributed by atoms with E-state index in [0.29, 0.717) is 16.4 Å². The Kier molecular flexibility index (Phi) is 6.31. The summed E-state index contributed by atoms with van der Waals surface area (Å²) in [6, 6.07) is 11.4. The molecule has 0 heterocycles. The molecule has 26 heavy (non-hydrogen) atoms. The Balaban J connectivity index is 2.29. The second-order valence-corrected chi connectivity index (χ2v) is 8.47. The Morgan fingerprint density at radius 1 is 1.19 bits per heavy atom. The van der Waals surface area contributed by atoms with Gasteiger partial charge in [-0.1, -0.05) is 36.7 Å². The van der Waals surface area contributed by atoms with E-state index >= 15 is 0 Å². The molecule has 1 amide bonds. The van der Waals surface area contributed by atoms with Crippen LogP contribution in [-0.2, 0) is 21.2 Å². The second-order valence-electron chi connectivity index (χ2n) is 6.21. The smallest absolute Gasteiger partial charge is 0.247 e. The summed E-state index contributed by atoms with van der Waals surface area (Å²) in [6.07, 6.45) is 1.97. The van der Waals surface area contributed by atoms with Gasteiger partial charge >= 0.3 is 0 Å². The number of nitrogens with one attached hydrogen (secondary N) is 1. The van der Waals surface area contributed by atoms with Gasteiger partial charge in [0, 0.05) is 10.7 Å². The number of benzene rings is 2. The van der Waals surface area contributed by atoms with Crippen molar-refractivity contribution in [3.05, 3.63) is 58.6 Å². The Labute approximate surface area is 160 Å². The van der Waals surface area contributed by atoms with E-state index in [4.69, 9.17) is 11.6 Å². The standard InChI is InChI=1S/C19H23ClN2O3S/c1-5-15-7-9-16(10-8-15)21-19(23)14(3)22(26(4,24)25)17-11-6-13(2)18(20)12-17/h6-12,14H,5H2,1-4H3,(H,21,23). The molecule has 0 radical (unpaired) electrons. The fraction of sp³-hybridized carbons (Fsp3) is 0.316. The minimum Gasteiger partial charge on any atom is -0.324 e. The maximum absolute atomic E-state index is 12.6. The molecule has 1 unspecified atom stereocenters. The van der Waals surface area contributed by atoms with Gasteiger partial charge in [0.15, 0.2) is 0 Å². The zero-order valence-electron chi connectivity index (χ0n) is 15.3. The number of sulfonamides is 1. The monoisotopic (exact) mass is 394 g/mol. The van der Waals surface area contributed by atoms with Gasteiger partial charge in [0.2, 0.25) is 15.9 Å². The van der Waals surface area contributed by atoms with Crippen LogP contribution < -0.4 is 9.62 Å². The maximum Gasteiger partial charge on any atom is 0.247 e. The van der Waals surface area contributed by atoms with Crippen molar-refractivity contribution >= 4 is 38.9 Å². The molecule has 0 aromatic heterocycles. The molecule has 0 aliphatic rings. The summed E-state index contributed by atoms with van der Waals surface area (Å²) in [7, 11) is -3.68. The first-order valence-electron chi connectivity index (χ1n) is 8.29. The first-order chi connectivity index (χ1) is 12.1. The number of carbonyl (C=O) groups is 1. The highest BCUT2D eigenvalue weighted by atomic mass is 35.5. The van der Waals surface area contributed by atoms with Gasteiger partial charge in [-0.3, -0.25) is 9.10 Å². The van der Waals surface area contributed by atoms with Crippen molar-refractivity contribution < 1.29 is 13.2 Å². The largest absolute Gasteiger partial charge is 0.324 e. The van der Waals surface area contributed by atoms with Crippen LogP contribution in [0.4, 0.5) is 11.4 Å². The van der Waals surface area contributed by atoms with Gasteiger partial charge in [-0.15, -0.1) is 0 Å². The van der Waals surface area contributed by atoms with Gasteiger partial charge in [-0.25, -0.2) is 8.42 Å². The van der Waals surface area contributed by atoms with E-state index in [1.54, 1.807) is 37.3 Å². The predicted octanol–water partition coefficient (Wildman–Crippen LogP) is 4.00. The molecule has 1 atom stereocenters. The van der Waals surface area contributed by atoms with Crippen molar-refractivity contribution in [1.82, 2.24) is 0 Å². The van der Waals surface area contributed by atoms with Crippen molar-refractivity contribution in [2.75, 3.05) is 15.9 Å². The topological polar surface area (TPSA) is 66.5 Å². The van der Waals surface area contributed by atoms with E-state index < -0.39 is 22.0 Å². The summed E-state index contributed by atoms with van der Waals surface area (Å²) in [4.78, 5) is 12.6. The van der Waals surface area contributed by atoms with E-state index in [0.717, 1.165) is 28.1 Å². The van der Waals surface area contributed by atoms with Crippen molar-refractivity contribution in [2.24, 2.45) is 0 Å². The van der Waals surface area contributed by atoms with E-state index in [-0.39, 0.29) is 0 Å². The molecule has 0 aliphatic carbocycles. The van der Waals surface area contributed by atoms with Crippen LogP contribution in [0.2, 0.25) is 5.02 Å². The van der Waals surface area contributed by atoms with Gasteiger partial charge in [0.25, 0.3) is 0 Å². The lowest BCUT2D eigenvalue weighted by Gasteiger charge is -2.28. The number of nitrogens with zero attached hydrogens (tertiary/aromatic N) is 1. The molecule has 0 aliphatic heterocycles. The zero-order chi connectivity index (χ0) is 19.5. The van der Waals surface area contributed by atoms with Gasteiger partial charge in [-0.2, -0.15) is 0 Å². The van der Waals surface area contributed by atoms with Gasteiger partial charge in [0.1, 0.15) is 6.04 Å². The molecule has 0 saturated carbocycles. The predicted molar refractivity (Wildman–Crippen MR) is 107 cm³/mol. The van der Waals surface area contributed by atoms with Crippen molar-refractivity contribution in [3.8, 4) is 0 Å². The Hall–Kier alpha value is -2.05. The quantitative estimate of drug-likeness (QED) is 0.805. The molecule has 7 heteroatoms. The molecule has 5 nitrogen and oxygen atoms in total. The van der Waals surface area contributed by atoms with Crippen molar-refractivity contribution in [3.63, 3.8) is 0 Å². The van der Waals surface area contributed by atoms with Crippen LogP contribution in [0.1, 0.15) is 25.0 Å². The van der Waals surface area contributed by atoms with E-state index in [2.05, 4.69) is 5.32 Å². The van der Waals surface area contributed by atoms with Gasteiger partial charge in [0.05, 0.1) is 11.9 Å². The summed E-state index contributed by atoms with van der Waals surface area (Å²) in [5, 5.41) is 3.21. The molecule has 2 aromatic carbocycles. The molecule has 0 saturated heterocycles. The highest BCUT2D eigenvalue weighted by Crippen LogP contribution is 2.27. The van der Waals surface area contributed by atoms with E-state index in [9.17, 15) is 13.2 Å². The van der Waals surface area contributed by atoms with Crippen LogP contribution in [0.3, 0.4) is 0 Å². The summed E-state index contributed by atoms with van der Waals surface area (Å²) in [5.74, 6) is -0.420. The van der Waals surface area contributed by atoms with Crippen molar-refractivity contribution in [1.29, 1.82) is 0 Å². The lowest BCUT2D eigenvalue weighted by molar-refractivity contribution is -0.116. The average Bonchev–Trinajstić information content (AvgIpc) is 2.57. The molecule has 2 rings (SSSR count). The molecule has 2 aromatic rings. The molecule has 0 fully saturated rings. The summed E-state index contributed by atoms with van der Waals surface area (Å²) < 4.78 is 25.7. The van der Waals surface area contributed by atoms with Gasteiger partial charge < -0.3 is 5.32 Å². The molecule has 0 spiro atoms. The van der Waals surface area contributed by atoms with E-state index in [1.165, 1.54) is 0 Å². The zero-order valence-corrected chi connectivity index (χ0v) is 16.9. The number of carbonyl (C=O) groups excluding carboxylic acids is 1. The third-order valence-electron chi connectivity index (χ3n) is 4.13. The number of amides is 1. The molecular formula is C19H23ClN2O3S. The van der Waals surface area contributed by atoms with Crippen LogP contribution in [0.5, 0.6) is 0 Å². The molecule has 1 N–H and O–H groups in total. The number of hydrogen-bond donors (Lipinski definition) is 1. The van der Waals surface area contributed by atoms with Crippen LogP contribution in [0, 0.1) is 6.92 Å². The van der Waals surface area contributed by atoms with Crippen molar-refractivity contribution in [2.45, 2.75) is 33.2 Å². The first kappa shape index (κ1) is 20.3. The molecular weight excluding hydrogens is 372 g/mol. The second kappa shape index (κ2) is 8.10. The fourth-order valence-corrected chi connectivity index (χ4v) is 3.94. The first-order valence-corrected chi connectivity index (χ1v) is 10.5. The molecule has 140 valence electrons. The van der Waals surface area contributed by atoms with Crippen LogP contribution in [0.25, 0.3) is 0 Å². The summed E-state index contributed by atoms with van der Waals surface area (Å²) in [5.41, 5.74) is 2.96. The van der Waals surface area contributed by atoms with E-state index in [1.807, 2.05) is 26.0 Å². The fourth-order valence-electron chi connectivity index (χ4n) is 2.60. The van der Waals surface area contributed by atoms with Crippen LogP contribution in [0.15, 0.2) is 42.5 Å². The molecule has 0 bridgehead atoms. The number of aryl methyl sites for hydroxylation is 2.